The Kier molecular flexibility index (Phi) is 5.52. The van der Waals surface area contributed by atoms with E-state index in [-0.39, 0.29) is 22.8 Å². The lowest BCUT2D eigenvalue weighted by Crippen LogP contribution is -2.44. The van der Waals surface area contributed by atoms with Gasteiger partial charge in [0.15, 0.2) is 14.9 Å². The van der Waals surface area contributed by atoms with Crippen LogP contribution in [0.2, 0.25) is 0 Å². The molecule has 1 aromatic rings. The SMILES string of the molecule is Cc1ccc(S(=O)(=O)C[C@@H]2CCCN(C(=O)OC(C)(C)C)C2)nc1. The number of likely N-dealkylation sites (tertiary alicyclic amines) is 1. The molecule has 0 spiro atoms. The summed E-state index contributed by atoms with van der Waals surface area (Å²) in [4.78, 5) is 17.8. The molecule has 1 atom stereocenters. The monoisotopic (exact) mass is 354 g/mol. The Labute approximate surface area is 144 Å². The molecule has 2 heterocycles. The molecule has 0 bridgehead atoms. The molecule has 1 aromatic heterocycles. The lowest BCUT2D eigenvalue weighted by Gasteiger charge is -2.34. The van der Waals surface area contributed by atoms with Crippen molar-refractivity contribution in [2.45, 2.75) is 51.2 Å². The number of amides is 1. The summed E-state index contributed by atoms with van der Waals surface area (Å²) in [6.45, 7) is 8.33. The van der Waals surface area contributed by atoms with E-state index in [4.69, 9.17) is 4.74 Å². The van der Waals surface area contributed by atoms with Crippen LogP contribution in [-0.4, -0.2) is 48.8 Å². The second-order valence-electron chi connectivity index (χ2n) is 7.39. The first-order valence-electron chi connectivity index (χ1n) is 8.20. The molecule has 2 rings (SSSR count). The lowest BCUT2D eigenvalue weighted by molar-refractivity contribution is 0.0176. The second kappa shape index (κ2) is 7.09. The molecule has 24 heavy (non-hydrogen) atoms. The van der Waals surface area contributed by atoms with Crippen LogP contribution in [0.3, 0.4) is 0 Å². The minimum atomic E-state index is -3.45. The first-order chi connectivity index (χ1) is 11.1. The zero-order valence-electron chi connectivity index (χ0n) is 14.8. The number of carbonyl (C=O) groups is 1. The highest BCUT2D eigenvalue weighted by Gasteiger charge is 2.31. The van der Waals surface area contributed by atoms with E-state index in [9.17, 15) is 13.2 Å². The molecule has 6 nitrogen and oxygen atoms in total. The van der Waals surface area contributed by atoms with Gasteiger partial charge in [-0.3, -0.25) is 0 Å². The van der Waals surface area contributed by atoms with E-state index in [2.05, 4.69) is 4.98 Å². The Bertz CT molecular complexity index is 678. The zero-order chi connectivity index (χ0) is 18.0. The summed E-state index contributed by atoms with van der Waals surface area (Å²) in [6.07, 6.45) is 2.74. The summed E-state index contributed by atoms with van der Waals surface area (Å²) >= 11 is 0. The maximum Gasteiger partial charge on any atom is 0.410 e. The number of pyridine rings is 1. The standard InChI is InChI=1S/C17H26N2O4S/c1-13-7-8-15(18-10-13)24(21,22)12-14-6-5-9-19(11-14)16(20)23-17(2,3)4/h7-8,10,14H,5-6,9,11-12H2,1-4H3/t14-/m1/s1. The maximum atomic E-state index is 12.5. The van der Waals surface area contributed by atoms with Crippen LogP contribution < -0.4 is 0 Å². The minimum Gasteiger partial charge on any atom is -0.444 e. The molecule has 1 fully saturated rings. The maximum absolute atomic E-state index is 12.5. The van der Waals surface area contributed by atoms with Crippen LogP contribution in [0.15, 0.2) is 23.4 Å². The van der Waals surface area contributed by atoms with Gasteiger partial charge in [0.1, 0.15) is 5.60 Å². The number of piperidine rings is 1. The molecule has 0 radical (unpaired) electrons. The van der Waals surface area contributed by atoms with E-state index in [0.717, 1.165) is 18.4 Å². The number of aromatic nitrogens is 1. The van der Waals surface area contributed by atoms with Crippen LogP contribution in [0.1, 0.15) is 39.2 Å². The molecule has 7 heteroatoms. The Balaban J connectivity index is 2.02. The van der Waals surface area contributed by atoms with E-state index in [1.54, 1.807) is 23.2 Å². The van der Waals surface area contributed by atoms with Crippen molar-refractivity contribution in [1.29, 1.82) is 0 Å². The third kappa shape index (κ3) is 5.19. The van der Waals surface area contributed by atoms with Gasteiger partial charge in [-0.25, -0.2) is 18.2 Å². The molecule has 0 aliphatic carbocycles. The summed E-state index contributed by atoms with van der Waals surface area (Å²) in [6, 6.07) is 3.28. The Morgan fingerprint density at radius 1 is 1.38 bits per heavy atom. The number of ether oxygens (including phenoxy) is 1. The van der Waals surface area contributed by atoms with E-state index >= 15 is 0 Å². The van der Waals surface area contributed by atoms with E-state index in [0.29, 0.717) is 13.1 Å². The van der Waals surface area contributed by atoms with Gasteiger partial charge in [-0.15, -0.1) is 0 Å². The van der Waals surface area contributed by atoms with Crippen molar-refractivity contribution in [2.24, 2.45) is 5.92 Å². The first kappa shape index (κ1) is 18.7. The summed E-state index contributed by atoms with van der Waals surface area (Å²) in [5.74, 6) is -0.0955. The zero-order valence-corrected chi connectivity index (χ0v) is 15.6. The van der Waals surface area contributed by atoms with Gasteiger partial charge in [-0.05, 0) is 58.1 Å². The summed E-state index contributed by atoms with van der Waals surface area (Å²) in [5.41, 5.74) is 0.366. The molecule has 0 unspecified atom stereocenters. The van der Waals surface area contributed by atoms with E-state index in [1.807, 2.05) is 27.7 Å². The third-order valence-electron chi connectivity index (χ3n) is 3.83. The summed E-state index contributed by atoms with van der Waals surface area (Å²) in [7, 11) is -3.45. The van der Waals surface area contributed by atoms with Crippen molar-refractivity contribution in [2.75, 3.05) is 18.8 Å². The number of rotatable bonds is 3. The van der Waals surface area contributed by atoms with Crippen LogP contribution in [-0.2, 0) is 14.6 Å². The minimum absolute atomic E-state index is 0.00234. The molecule has 0 saturated carbocycles. The first-order valence-corrected chi connectivity index (χ1v) is 9.85. The highest BCUT2D eigenvalue weighted by molar-refractivity contribution is 7.91. The molecule has 1 aliphatic rings. The van der Waals surface area contributed by atoms with Gasteiger partial charge in [0.2, 0.25) is 0 Å². The number of aryl methyl sites for hydroxylation is 1. The Hall–Kier alpha value is -1.63. The fraction of sp³-hybridized carbons (Fsp3) is 0.647. The van der Waals surface area contributed by atoms with Gasteiger partial charge >= 0.3 is 6.09 Å². The largest absolute Gasteiger partial charge is 0.444 e. The van der Waals surface area contributed by atoms with Crippen molar-refractivity contribution in [3.8, 4) is 0 Å². The number of hydrogen-bond acceptors (Lipinski definition) is 5. The fourth-order valence-electron chi connectivity index (χ4n) is 2.73. The van der Waals surface area contributed by atoms with Crippen LogP contribution in [0.5, 0.6) is 0 Å². The molecule has 0 N–H and O–H groups in total. The molecular weight excluding hydrogens is 328 g/mol. The predicted octanol–water partition coefficient (Wildman–Crippen LogP) is 2.81. The van der Waals surface area contributed by atoms with Gasteiger partial charge in [-0.2, -0.15) is 0 Å². The fourth-order valence-corrected chi connectivity index (χ4v) is 4.28. The lowest BCUT2D eigenvalue weighted by atomic mass is 10.0. The van der Waals surface area contributed by atoms with Gasteiger partial charge in [0.05, 0.1) is 5.75 Å². The highest BCUT2D eigenvalue weighted by atomic mass is 32.2. The van der Waals surface area contributed by atoms with E-state index in [1.165, 1.54) is 0 Å². The van der Waals surface area contributed by atoms with Crippen LogP contribution in [0.4, 0.5) is 4.79 Å². The van der Waals surface area contributed by atoms with Crippen molar-refractivity contribution >= 4 is 15.9 Å². The van der Waals surface area contributed by atoms with Gasteiger partial charge in [0, 0.05) is 19.3 Å². The van der Waals surface area contributed by atoms with Crippen LogP contribution in [0, 0.1) is 12.8 Å². The molecule has 1 saturated heterocycles. The van der Waals surface area contributed by atoms with Gasteiger partial charge < -0.3 is 9.64 Å². The third-order valence-corrected chi connectivity index (χ3v) is 5.62. The summed E-state index contributed by atoms with van der Waals surface area (Å²) < 4.78 is 30.4. The summed E-state index contributed by atoms with van der Waals surface area (Å²) in [5, 5.41) is 0.0995. The van der Waals surface area contributed by atoms with Crippen LogP contribution >= 0.6 is 0 Å². The Morgan fingerprint density at radius 2 is 2.08 bits per heavy atom. The topological polar surface area (TPSA) is 76.6 Å². The molecule has 134 valence electrons. The van der Waals surface area contributed by atoms with Crippen molar-refractivity contribution in [3.05, 3.63) is 23.9 Å². The van der Waals surface area contributed by atoms with Crippen molar-refractivity contribution in [1.82, 2.24) is 9.88 Å². The average Bonchev–Trinajstić information content (AvgIpc) is 2.45. The molecular formula is C17H26N2O4S. The molecule has 0 aromatic carbocycles. The van der Waals surface area contributed by atoms with Gasteiger partial charge in [0.25, 0.3) is 0 Å². The second-order valence-corrected chi connectivity index (χ2v) is 9.37. The Morgan fingerprint density at radius 3 is 2.67 bits per heavy atom. The average molecular weight is 354 g/mol. The van der Waals surface area contributed by atoms with Crippen molar-refractivity contribution in [3.63, 3.8) is 0 Å². The van der Waals surface area contributed by atoms with Crippen LogP contribution in [0.25, 0.3) is 0 Å². The molecule has 1 aliphatic heterocycles. The number of hydrogen-bond donors (Lipinski definition) is 0. The number of nitrogens with zero attached hydrogens (tertiary/aromatic N) is 2. The quantitative estimate of drug-likeness (QED) is 0.834. The number of carbonyl (C=O) groups excluding carboxylic acids is 1. The predicted molar refractivity (Wildman–Crippen MR) is 91.6 cm³/mol. The van der Waals surface area contributed by atoms with Gasteiger partial charge in [-0.1, -0.05) is 6.07 Å². The van der Waals surface area contributed by atoms with Crippen molar-refractivity contribution < 1.29 is 17.9 Å². The van der Waals surface area contributed by atoms with E-state index < -0.39 is 15.4 Å². The smallest absolute Gasteiger partial charge is 0.410 e. The number of sulfone groups is 1. The normalized spacial score (nSPS) is 19.2. The molecule has 1 amide bonds. The highest BCUT2D eigenvalue weighted by Crippen LogP contribution is 2.22.